The molecule has 0 saturated carbocycles. The van der Waals surface area contributed by atoms with Crippen LogP contribution < -0.4 is 4.72 Å². The molecule has 1 unspecified atom stereocenters. The molecule has 3 aromatic heterocycles. The van der Waals surface area contributed by atoms with Crippen molar-refractivity contribution in [1.82, 2.24) is 14.7 Å². The van der Waals surface area contributed by atoms with Gasteiger partial charge >= 0.3 is 5.97 Å². The summed E-state index contributed by atoms with van der Waals surface area (Å²) in [5.41, 5.74) is 1.31. The summed E-state index contributed by atoms with van der Waals surface area (Å²) in [6.45, 7) is 0. The molecule has 3 heterocycles. The lowest BCUT2D eigenvalue weighted by Gasteiger charge is -2.13. The topological polar surface area (TPSA) is 112 Å². The van der Waals surface area contributed by atoms with Gasteiger partial charge in [-0.3, -0.25) is 4.79 Å². The second-order valence-corrected chi connectivity index (χ2v) is 9.39. The highest BCUT2D eigenvalue weighted by Gasteiger charge is 2.27. The molecular weight excluding hydrogens is 418 g/mol. The van der Waals surface area contributed by atoms with E-state index in [1.54, 1.807) is 30.6 Å². The second-order valence-electron chi connectivity index (χ2n) is 4.99. The minimum Gasteiger partial charge on any atom is -0.480 e. The van der Waals surface area contributed by atoms with E-state index in [-0.39, 0.29) is 10.6 Å². The molecule has 0 fully saturated rings. The van der Waals surface area contributed by atoms with Gasteiger partial charge in [-0.1, -0.05) is 0 Å². The molecular formula is C14H12BrN3O4S2. The maximum atomic E-state index is 12.3. The number of aromatic amines is 1. The zero-order valence-corrected chi connectivity index (χ0v) is 15.3. The number of hydrogen-bond donors (Lipinski definition) is 3. The van der Waals surface area contributed by atoms with E-state index in [4.69, 9.17) is 0 Å². The molecule has 3 rings (SSSR count). The van der Waals surface area contributed by atoms with Gasteiger partial charge in [-0.25, -0.2) is 13.4 Å². The summed E-state index contributed by atoms with van der Waals surface area (Å²) in [7, 11) is -3.91. The molecule has 0 aliphatic rings. The van der Waals surface area contributed by atoms with E-state index in [2.05, 4.69) is 30.6 Å². The molecule has 0 amide bonds. The van der Waals surface area contributed by atoms with Crippen LogP contribution in [0.2, 0.25) is 0 Å². The smallest absolute Gasteiger partial charge is 0.322 e. The third-order valence-corrected chi connectivity index (χ3v) is 6.96. The standard InChI is InChI=1S/C14H12BrN3O4S2/c15-11-3-4-12(23-11)24(21,22)18-10(14(19)20)6-8-7-17-13-9(8)2-1-5-16-13/h1-5,7,10,18H,6H2,(H,16,17)(H,19,20). The van der Waals surface area contributed by atoms with Gasteiger partial charge in [0.15, 0.2) is 0 Å². The van der Waals surface area contributed by atoms with Crippen LogP contribution in [0.4, 0.5) is 0 Å². The van der Waals surface area contributed by atoms with Crippen LogP contribution in [-0.2, 0) is 21.2 Å². The number of nitrogens with one attached hydrogen (secondary N) is 2. The highest BCUT2D eigenvalue weighted by molar-refractivity contribution is 9.11. The summed E-state index contributed by atoms with van der Waals surface area (Å²) >= 11 is 4.21. The Morgan fingerprint density at radius 2 is 2.21 bits per heavy atom. The Hall–Kier alpha value is -1.75. The number of carboxylic acid groups (broad SMARTS) is 1. The maximum Gasteiger partial charge on any atom is 0.322 e. The average molecular weight is 430 g/mol. The van der Waals surface area contributed by atoms with E-state index >= 15 is 0 Å². The van der Waals surface area contributed by atoms with Gasteiger partial charge in [-0.05, 0) is 45.8 Å². The largest absolute Gasteiger partial charge is 0.480 e. The number of pyridine rings is 1. The van der Waals surface area contributed by atoms with Gasteiger partial charge in [-0.15, -0.1) is 11.3 Å². The number of hydrogen-bond acceptors (Lipinski definition) is 5. The first-order chi connectivity index (χ1) is 11.4. The molecule has 0 bridgehead atoms. The summed E-state index contributed by atoms with van der Waals surface area (Å²) in [6, 6.07) is 5.28. The highest BCUT2D eigenvalue weighted by atomic mass is 79.9. The first-order valence-electron chi connectivity index (χ1n) is 6.78. The molecule has 7 nitrogen and oxygen atoms in total. The Morgan fingerprint density at radius 1 is 1.42 bits per heavy atom. The molecule has 0 radical (unpaired) electrons. The molecule has 0 aliphatic carbocycles. The minimum atomic E-state index is -3.91. The number of aliphatic carboxylic acids is 1. The van der Waals surface area contributed by atoms with Crippen molar-refractivity contribution in [1.29, 1.82) is 0 Å². The van der Waals surface area contributed by atoms with Crippen LogP contribution in [-0.4, -0.2) is 35.5 Å². The summed E-state index contributed by atoms with van der Waals surface area (Å²) in [5.74, 6) is -1.24. The molecule has 0 spiro atoms. The number of rotatable bonds is 6. The van der Waals surface area contributed by atoms with Gasteiger partial charge in [0.2, 0.25) is 0 Å². The quantitative estimate of drug-likeness (QED) is 0.556. The van der Waals surface area contributed by atoms with Crippen LogP contribution in [0.15, 0.2) is 44.7 Å². The van der Waals surface area contributed by atoms with Crippen molar-refractivity contribution in [3.63, 3.8) is 0 Å². The average Bonchev–Trinajstić information content (AvgIpc) is 3.14. The normalized spacial score (nSPS) is 13.2. The first-order valence-corrected chi connectivity index (χ1v) is 9.87. The predicted octanol–water partition coefficient (Wildman–Crippen LogP) is 2.36. The Labute approximate surface area is 149 Å². The minimum absolute atomic E-state index is 0.00675. The predicted molar refractivity (Wildman–Crippen MR) is 93.6 cm³/mol. The SMILES string of the molecule is O=C(O)C(Cc1c[nH]c2ncccc12)NS(=O)(=O)c1ccc(Br)s1. The Kier molecular flexibility index (Phi) is 4.72. The van der Waals surface area contributed by atoms with E-state index in [1.807, 2.05) is 0 Å². The Bertz CT molecular complexity index is 996. The van der Waals surface area contributed by atoms with Gasteiger partial charge in [0.1, 0.15) is 15.9 Å². The summed E-state index contributed by atoms with van der Waals surface area (Å²) in [4.78, 5) is 18.6. The Morgan fingerprint density at radius 3 is 2.88 bits per heavy atom. The molecule has 0 saturated heterocycles. The van der Waals surface area contributed by atoms with E-state index in [9.17, 15) is 18.3 Å². The lowest BCUT2D eigenvalue weighted by Crippen LogP contribution is -2.41. The lowest BCUT2D eigenvalue weighted by molar-refractivity contribution is -0.138. The van der Waals surface area contributed by atoms with Crippen LogP contribution >= 0.6 is 27.3 Å². The van der Waals surface area contributed by atoms with Gasteiger partial charge < -0.3 is 10.1 Å². The monoisotopic (exact) mass is 429 g/mol. The summed E-state index contributed by atoms with van der Waals surface area (Å²) in [5, 5.41) is 10.2. The van der Waals surface area contributed by atoms with Gasteiger partial charge in [0.05, 0.1) is 3.79 Å². The van der Waals surface area contributed by atoms with E-state index in [1.165, 1.54) is 6.07 Å². The van der Waals surface area contributed by atoms with Crippen molar-refractivity contribution in [2.24, 2.45) is 0 Å². The van der Waals surface area contributed by atoms with Gasteiger partial charge in [-0.2, -0.15) is 4.72 Å². The number of aromatic nitrogens is 2. The number of halogens is 1. The molecule has 3 aromatic rings. The highest BCUT2D eigenvalue weighted by Crippen LogP contribution is 2.26. The van der Waals surface area contributed by atoms with Crippen LogP contribution in [0, 0.1) is 0 Å². The van der Waals surface area contributed by atoms with Crippen LogP contribution in [0.1, 0.15) is 5.56 Å². The maximum absolute atomic E-state index is 12.3. The van der Waals surface area contributed by atoms with Crippen molar-refractivity contribution in [3.05, 3.63) is 46.0 Å². The molecule has 0 aromatic carbocycles. The Balaban J connectivity index is 1.87. The fourth-order valence-electron chi connectivity index (χ4n) is 2.27. The van der Waals surface area contributed by atoms with Crippen LogP contribution in [0.5, 0.6) is 0 Å². The van der Waals surface area contributed by atoms with Crippen molar-refractivity contribution in [3.8, 4) is 0 Å². The third-order valence-electron chi connectivity index (χ3n) is 3.37. The number of H-pyrrole nitrogens is 1. The zero-order valence-electron chi connectivity index (χ0n) is 12.1. The molecule has 0 aliphatic heterocycles. The number of carboxylic acids is 1. The van der Waals surface area contributed by atoms with E-state index in [0.717, 1.165) is 16.7 Å². The van der Waals surface area contributed by atoms with Crippen LogP contribution in [0.25, 0.3) is 11.0 Å². The number of sulfonamides is 1. The molecule has 10 heteroatoms. The molecule has 126 valence electrons. The van der Waals surface area contributed by atoms with Crippen molar-refractivity contribution >= 4 is 54.3 Å². The van der Waals surface area contributed by atoms with Crippen LogP contribution in [0.3, 0.4) is 0 Å². The van der Waals surface area contributed by atoms with Gasteiger partial charge in [0.25, 0.3) is 10.0 Å². The number of fused-ring (bicyclic) bond motifs is 1. The second kappa shape index (κ2) is 6.63. The van der Waals surface area contributed by atoms with E-state index < -0.39 is 22.0 Å². The fourth-order valence-corrected chi connectivity index (χ4v) is 5.48. The lowest BCUT2D eigenvalue weighted by atomic mass is 10.1. The molecule has 24 heavy (non-hydrogen) atoms. The zero-order chi connectivity index (χ0) is 17.3. The summed E-state index contributed by atoms with van der Waals surface area (Å²) < 4.78 is 27.7. The number of nitrogens with zero attached hydrogens (tertiary/aromatic N) is 1. The van der Waals surface area contributed by atoms with E-state index in [0.29, 0.717) is 15.0 Å². The van der Waals surface area contributed by atoms with Gasteiger partial charge in [0, 0.05) is 24.2 Å². The van der Waals surface area contributed by atoms with Crippen molar-refractivity contribution < 1.29 is 18.3 Å². The third kappa shape index (κ3) is 3.51. The summed E-state index contributed by atoms with van der Waals surface area (Å²) in [6.07, 6.45) is 3.27. The van der Waals surface area contributed by atoms with Crippen molar-refractivity contribution in [2.75, 3.05) is 0 Å². The molecule has 3 N–H and O–H groups in total. The first kappa shape index (κ1) is 17.1. The fraction of sp³-hybridized carbons (Fsp3) is 0.143. The number of thiophene rings is 1. The number of carbonyl (C=O) groups is 1. The molecule has 1 atom stereocenters. The van der Waals surface area contributed by atoms with Crippen molar-refractivity contribution in [2.45, 2.75) is 16.7 Å².